The Kier molecular flexibility index (Phi) is 3.97. The standard InChI is InChI=1S/C11H23N3O/c1-8(10(12)14-15)13-9-6-4-5-7-11(9,2)3/h8-9,13,15H,4-7H2,1-3H3,(H2,12,14). The van der Waals surface area contributed by atoms with E-state index in [1.54, 1.807) is 0 Å². The molecule has 4 heteroatoms. The van der Waals surface area contributed by atoms with E-state index in [-0.39, 0.29) is 11.9 Å². The minimum Gasteiger partial charge on any atom is -0.409 e. The monoisotopic (exact) mass is 213 g/mol. The van der Waals surface area contributed by atoms with Gasteiger partial charge in [-0.3, -0.25) is 0 Å². The molecule has 1 fully saturated rings. The number of nitrogens with one attached hydrogen (secondary N) is 1. The van der Waals surface area contributed by atoms with Gasteiger partial charge in [-0.2, -0.15) is 0 Å². The van der Waals surface area contributed by atoms with Gasteiger partial charge in [0.1, 0.15) is 0 Å². The topological polar surface area (TPSA) is 70.6 Å². The van der Waals surface area contributed by atoms with E-state index in [1.807, 2.05) is 6.92 Å². The second-order valence-electron chi connectivity index (χ2n) is 5.20. The number of nitrogens with two attached hydrogens (primary N) is 1. The Hall–Kier alpha value is -0.770. The lowest BCUT2D eigenvalue weighted by Gasteiger charge is -2.40. The number of rotatable bonds is 3. The number of hydrogen-bond donors (Lipinski definition) is 3. The third-order valence-corrected chi connectivity index (χ3v) is 3.52. The molecule has 0 aliphatic heterocycles. The number of nitrogens with zero attached hydrogens (tertiary/aromatic N) is 1. The molecule has 2 unspecified atom stereocenters. The van der Waals surface area contributed by atoms with Gasteiger partial charge >= 0.3 is 0 Å². The zero-order valence-corrected chi connectivity index (χ0v) is 9.95. The lowest BCUT2D eigenvalue weighted by molar-refractivity contribution is 0.164. The molecule has 2 atom stereocenters. The molecular weight excluding hydrogens is 190 g/mol. The summed E-state index contributed by atoms with van der Waals surface area (Å²) in [5, 5.41) is 15.1. The molecule has 1 aliphatic rings. The van der Waals surface area contributed by atoms with Crippen LogP contribution in [0.3, 0.4) is 0 Å². The van der Waals surface area contributed by atoms with Crippen molar-refractivity contribution in [1.82, 2.24) is 5.32 Å². The summed E-state index contributed by atoms with van der Waals surface area (Å²) >= 11 is 0. The normalized spacial score (nSPS) is 28.7. The van der Waals surface area contributed by atoms with Crippen LogP contribution in [0.5, 0.6) is 0 Å². The van der Waals surface area contributed by atoms with Crippen LogP contribution in [-0.2, 0) is 0 Å². The molecule has 0 aromatic rings. The summed E-state index contributed by atoms with van der Waals surface area (Å²) in [6, 6.07) is 0.402. The van der Waals surface area contributed by atoms with Crippen LogP contribution in [-0.4, -0.2) is 23.1 Å². The van der Waals surface area contributed by atoms with E-state index in [9.17, 15) is 0 Å². The van der Waals surface area contributed by atoms with Crippen LogP contribution in [0.2, 0.25) is 0 Å². The Morgan fingerprint density at radius 2 is 2.20 bits per heavy atom. The number of hydrogen-bond acceptors (Lipinski definition) is 3. The van der Waals surface area contributed by atoms with Gasteiger partial charge in [0.25, 0.3) is 0 Å². The molecule has 4 N–H and O–H groups in total. The lowest BCUT2D eigenvalue weighted by Crippen LogP contribution is -2.51. The highest BCUT2D eigenvalue weighted by molar-refractivity contribution is 5.84. The molecule has 1 saturated carbocycles. The zero-order chi connectivity index (χ0) is 11.5. The predicted molar refractivity (Wildman–Crippen MR) is 62.0 cm³/mol. The Bertz CT molecular complexity index is 238. The van der Waals surface area contributed by atoms with Crippen LogP contribution in [0, 0.1) is 5.41 Å². The Morgan fingerprint density at radius 1 is 1.53 bits per heavy atom. The molecule has 15 heavy (non-hydrogen) atoms. The third kappa shape index (κ3) is 3.09. The van der Waals surface area contributed by atoms with Crippen molar-refractivity contribution in [2.45, 2.75) is 58.5 Å². The predicted octanol–water partition coefficient (Wildman–Crippen LogP) is 1.68. The third-order valence-electron chi connectivity index (χ3n) is 3.52. The molecule has 0 heterocycles. The second-order valence-corrected chi connectivity index (χ2v) is 5.20. The molecule has 4 nitrogen and oxygen atoms in total. The van der Waals surface area contributed by atoms with Crippen LogP contribution < -0.4 is 11.1 Å². The maximum atomic E-state index is 8.59. The molecule has 0 aromatic heterocycles. The van der Waals surface area contributed by atoms with E-state index in [0.29, 0.717) is 11.5 Å². The molecule has 88 valence electrons. The largest absolute Gasteiger partial charge is 0.409 e. The van der Waals surface area contributed by atoms with Crippen LogP contribution in [0.15, 0.2) is 5.16 Å². The van der Waals surface area contributed by atoms with E-state index in [0.717, 1.165) is 0 Å². The van der Waals surface area contributed by atoms with Gasteiger partial charge in [0, 0.05) is 6.04 Å². The van der Waals surface area contributed by atoms with E-state index in [4.69, 9.17) is 10.9 Å². The molecule has 0 bridgehead atoms. The molecular formula is C11H23N3O. The molecule has 0 saturated heterocycles. The van der Waals surface area contributed by atoms with Gasteiger partial charge in [0.15, 0.2) is 5.84 Å². The van der Waals surface area contributed by atoms with E-state index in [1.165, 1.54) is 25.7 Å². The Labute approximate surface area is 91.9 Å². The van der Waals surface area contributed by atoms with Gasteiger partial charge in [-0.15, -0.1) is 0 Å². The van der Waals surface area contributed by atoms with Crippen molar-refractivity contribution >= 4 is 5.84 Å². The molecule has 1 rings (SSSR count). The Balaban J connectivity index is 2.56. The highest BCUT2D eigenvalue weighted by Gasteiger charge is 2.33. The van der Waals surface area contributed by atoms with E-state index < -0.39 is 0 Å². The lowest BCUT2D eigenvalue weighted by atomic mass is 9.73. The van der Waals surface area contributed by atoms with Crippen molar-refractivity contribution in [3.63, 3.8) is 0 Å². The fourth-order valence-corrected chi connectivity index (χ4v) is 2.28. The van der Waals surface area contributed by atoms with Gasteiger partial charge in [0.05, 0.1) is 6.04 Å². The summed E-state index contributed by atoms with van der Waals surface area (Å²) in [5.41, 5.74) is 5.87. The van der Waals surface area contributed by atoms with Gasteiger partial charge < -0.3 is 16.3 Å². The fourth-order valence-electron chi connectivity index (χ4n) is 2.28. The Morgan fingerprint density at radius 3 is 2.73 bits per heavy atom. The van der Waals surface area contributed by atoms with Crippen molar-refractivity contribution in [3.05, 3.63) is 0 Å². The van der Waals surface area contributed by atoms with Crippen molar-refractivity contribution < 1.29 is 5.21 Å². The summed E-state index contributed by atoms with van der Waals surface area (Å²) in [6.07, 6.45) is 5.00. The first-order valence-electron chi connectivity index (χ1n) is 5.71. The maximum absolute atomic E-state index is 8.59. The van der Waals surface area contributed by atoms with Gasteiger partial charge in [-0.1, -0.05) is 31.8 Å². The van der Waals surface area contributed by atoms with Crippen molar-refractivity contribution in [3.8, 4) is 0 Å². The molecule has 0 aromatic carbocycles. The van der Waals surface area contributed by atoms with Crippen LogP contribution >= 0.6 is 0 Å². The number of oxime groups is 1. The molecule has 1 aliphatic carbocycles. The number of amidine groups is 1. The quantitative estimate of drug-likeness (QED) is 0.289. The summed E-state index contributed by atoms with van der Waals surface area (Å²) in [6.45, 7) is 6.49. The molecule has 0 spiro atoms. The first-order valence-corrected chi connectivity index (χ1v) is 5.71. The summed E-state index contributed by atoms with van der Waals surface area (Å²) in [5.74, 6) is 0.261. The highest BCUT2D eigenvalue weighted by Crippen LogP contribution is 2.35. The van der Waals surface area contributed by atoms with Crippen molar-refractivity contribution in [2.24, 2.45) is 16.3 Å². The van der Waals surface area contributed by atoms with Gasteiger partial charge in [0.2, 0.25) is 0 Å². The minimum atomic E-state index is -0.0580. The maximum Gasteiger partial charge on any atom is 0.156 e. The van der Waals surface area contributed by atoms with Gasteiger partial charge in [-0.25, -0.2) is 0 Å². The average molecular weight is 213 g/mol. The molecule has 0 amide bonds. The van der Waals surface area contributed by atoms with E-state index >= 15 is 0 Å². The highest BCUT2D eigenvalue weighted by atomic mass is 16.4. The average Bonchev–Trinajstić information content (AvgIpc) is 2.19. The first-order chi connectivity index (χ1) is 6.97. The molecule has 0 radical (unpaired) electrons. The first kappa shape index (κ1) is 12.3. The minimum absolute atomic E-state index is 0.0580. The van der Waals surface area contributed by atoms with Crippen molar-refractivity contribution in [1.29, 1.82) is 0 Å². The van der Waals surface area contributed by atoms with Crippen LogP contribution in [0.25, 0.3) is 0 Å². The summed E-state index contributed by atoms with van der Waals surface area (Å²) in [7, 11) is 0. The SMILES string of the molecule is CC(NC1CCCCC1(C)C)C(N)=NO. The fraction of sp³-hybridized carbons (Fsp3) is 0.909. The summed E-state index contributed by atoms with van der Waals surface area (Å²) < 4.78 is 0. The summed E-state index contributed by atoms with van der Waals surface area (Å²) in [4.78, 5) is 0. The van der Waals surface area contributed by atoms with Crippen LogP contribution in [0.4, 0.5) is 0 Å². The van der Waals surface area contributed by atoms with Crippen molar-refractivity contribution in [2.75, 3.05) is 0 Å². The smallest absolute Gasteiger partial charge is 0.156 e. The zero-order valence-electron chi connectivity index (χ0n) is 9.95. The van der Waals surface area contributed by atoms with Crippen LogP contribution in [0.1, 0.15) is 46.5 Å². The van der Waals surface area contributed by atoms with E-state index in [2.05, 4.69) is 24.3 Å². The van der Waals surface area contributed by atoms with Gasteiger partial charge in [-0.05, 0) is 25.2 Å². The second kappa shape index (κ2) is 4.84.